The Kier molecular flexibility index (Phi) is 8.17. The Labute approximate surface area is 182 Å². The molecule has 2 aliphatic rings. The number of hydrogen-bond acceptors (Lipinski definition) is 2. The van der Waals surface area contributed by atoms with Crippen molar-refractivity contribution < 1.29 is 4.79 Å². The van der Waals surface area contributed by atoms with Gasteiger partial charge in [-0.3, -0.25) is 9.79 Å². The lowest BCUT2D eigenvalue weighted by atomic mass is 9.97. The molecule has 1 aliphatic heterocycles. The third kappa shape index (κ3) is 6.23. The van der Waals surface area contributed by atoms with E-state index in [9.17, 15) is 4.79 Å². The number of piperidine rings is 1. The van der Waals surface area contributed by atoms with E-state index in [0.717, 1.165) is 64.2 Å². The first-order valence-electron chi connectivity index (χ1n) is 12.0. The van der Waals surface area contributed by atoms with Crippen LogP contribution in [0.2, 0.25) is 0 Å². The maximum atomic E-state index is 12.6. The molecule has 0 spiro atoms. The molecule has 0 unspecified atom stereocenters. The minimum Gasteiger partial charge on any atom is -0.357 e. The van der Waals surface area contributed by atoms with Crippen molar-refractivity contribution in [1.29, 1.82) is 0 Å². The Morgan fingerprint density at radius 3 is 2.37 bits per heavy atom. The first kappa shape index (κ1) is 22.6. The van der Waals surface area contributed by atoms with Crippen molar-refractivity contribution in [3.8, 4) is 0 Å². The predicted octanol–water partition coefficient (Wildman–Crippen LogP) is 3.99. The molecule has 1 aliphatic carbocycles. The zero-order valence-electron chi connectivity index (χ0n) is 19.1. The van der Waals surface area contributed by atoms with Crippen LogP contribution in [-0.4, -0.2) is 49.0 Å². The summed E-state index contributed by atoms with van der Waals surface area (Å²) in [5, 5.41) is 7.06. The molecule has 2 N–H and O–H groups in total. The lowest BCUT2D eigenvalue weighted by Crippen LogP contribution is -2.50. The largest absolute Gasteiger partial charge is 0.357 e. The summed E-state index contributed by atoms with van der Waals surface area (Å²) in [6.07, 6.45) is 7.51. The summed E-state index contributed by atoms with van der Waals surface area (Å²) < 4.78 is 0. The normalized spacial score (nSPS) is 19.1. The van der Waals surface area contributed by atoms with Gasteiger partial charge in [0.15, 0.2) is 5.96 Å². The van der Waals surface area contributed by atoms with Crippen molar-refractivity contribution in [2.75, 3.05) is 26.2 Å². The standard InChI is InChI=1S/C25H40N4O/c1-4-21(5-2)23(30)29-16-12-22(13-17-29)28-24(26-6-3)27-19-25(14-15-25)18-20-10-8-7-9-11-20/h7-11,21-22H,4-6,12-19H2,1-3H3,(H2,26,27,28). The van der Waals surface area contributed by atoms with Crippen LogP contribution in [0.15, 0.2) is 35.3 Å². The van der Waals surface area contributed by atoms with E-state index in [4.69, 9.17) is 4.99 Å². The fourth-order valence-corrected chi connectivity index (χ4v) is 4.50. The van der Waals surface area contributed by atoms with Gasteiger partial charge in [-0.1, -0.05) is 44.2 Å². The van der Waals surface area contributed by atoms with Gasteiger partial charge in [0.05, 0.1) is 0 Å². The number of likely N-dealkylation sites (tertiary alicyclic amines) is 1. The van der Waals surface area contributed by atoms with Gasteiger partial charge in [-0.15, -0.1) is 0 Å². The minimum atomic E-state index is 0.188. The van der Waals surface area contributed by atoms with Gasteiger partial charge < -0.3 is 15.5 Å². The van der Waals surface area contributed by atoms with E-state index in [2.05, 4.69) is 66.6 Å². The summed E-state index contributed by atoms with van der Waals surface area (Å²) >= 11 is 0. The van der Waals surface area contributed by atoms with E-state index in [0.29, 0.717) is 17.4 Å². The van der Waals surface area contributed by atoms with Crippen LogP contribution in [0.25, 0.3) is 0 Å². The van der Waals surface area contributed by atoms with Crippen LogP contribution in [0.3, 0.4) is 0 Å². The second kappa shape index (κ2) is 10.8. The van der Waals surface area contributed by atoms with Crippen LogP contribution in [0.5, 0.6) is 0 Å². The molecule has 1 saturated carbocycles. The highest BCUT2D eigenvalue weighted by atomic mass is 16.2. The van der Waals surface area contributed by atoms with Crippen molar-refractivity contribution in [1.82, 2.24) is 15.5 Å². The molecule has 0 bridgehead atoms. The molecule has 1 aromatic rings. The predicted molar refractivity (Wildman–Crippen MR) is 125 cm³/mol. The molecule has 1 amide bonds. The first-order chi connectivity index (χ1) is 14.6. The molecule has 2 fully saturated rings. The molecule has 5 nitrogen and oxygen atoms in total. The molecule has 30 heavy (non-hydrogen) atoms. The lowest BCUT2D eigenvalue weighted by Gasteiger charge is -2.35. The van der Waals surface area contributed by atoms with Crippen LogP contribution in [0.1, 0.15) is 64.9 Å². The van der Waals surface area contributed by atoms with E-state index in [-0.39, 0.29) is 5.92 Å². The van der Waals surface area contributed by atoms with Crippen molar-refractivity contribution in [2.24, 2.45) is 16.3 Å². The molecule has 0 atom stereocenters. The summed E-state index contributed by atoms with van der Waals surface area (Å²) in [7, 11) is 0. The fraction of sp³-hybridized carbons (Fsp3) is 0.680. The minimum absolute atomic E-state index is 0.188. The number of nitrogens with one attached hydrogen (secondary N) is 2. The highest BCUT2D eigenvalue weighted by Crippen LogP contribution is 2.48. The molecule has 166 valence electrons. The third-order valence-corrected chi connectivity index (χ3v) is 6.78. The number of aliphatic imine (C=N–C) groups is 1. The molecular formula is C25H40N4O. The number of carbonyl (C=O) groups excluding carboxylic acids is 1. The molecular weight excluding hydrogens is 372 g/mol. The van der Waals surface area contributed by atoms with E-state index in [1.165, 1.54) is 18.4 Å². The molecule has 1 saturated heterocycles. The number of rotatable bonds is 9. The van der Waals surface area contributed by atoms with Crippen LogP contribution in [0.4, 0.5) is 0 Å². The Bertz CT molecular complexity index is 686. The highest BCUT2D eigenvalue weighted by Gasteiger charge is 2.42. The summed E-state index contributed by atoms with van der Waals surface area (Å²) in [6, 6.07) is 11.2. The summed E-state index contributed by atoms with van der Waals surface area (Å²) in [4.78, 5) is 19.7. The fourth-order valence-electron chi connectivity index (χ4n) is 4.50. The van der Waals surface area contributed by atoms with Crippen LogP contribution in [0, 0.1) is 11.3 Å². The van der Waals surface area contributed by atoms with Crippen molar-refractivity contribution in [3.05, 3.63) is 35.9 Å². The van der Waals surface area contributed by atoms with Crippen LogP contribution in [-0.2, 0) is 11.2 Å². The maximum Gasteiger partial charge on any atom is 0.225 e. The average Bonchev–Trinajstić information content (AvgIpc) is 3.54. The zero-order chi connectivity index (χ0) is 21.4. The highest BCUT2D eigenvalue weighted by molar-refractivity contribution is 5.80. The van der Waals surface area contributed by atoms with Crippen molar-refractivity contribution in [2.45, 2.75) is 71.8 Å². The van der Waals surface area contributed by atoms with E-state index in [1.807, 2.05) is 0 Å². The second-order valence-electron chi connectivity index (χ2n) is 9.11. The number of guanidine groups is 1. The van der Waals surface area contributed by atoms with Gasteiger partial charge in [-0.2, -0.15) is 0 Å². The van der Waals surface area contributed by atoms with Crippen LogP contribution < -0.4 is 10.6 Å². The number of benzene rings is 1. The Balaban J connectivity index is 1.50. The third-order valence-electron chi connectivity index (χ3n) is 6.78. The van der Waals surface area contributed by atoms with Crippen molar-refractivity contribution >= 4 is 11.9 Å². The van der Waals surface area contributed by atoms with E-state index in [1.54, 1.807) is 0 Å². The van der Waals surface area contributed by atoms with Gasteiger partial charge in [0, 0.05) is 38.1 Å². The quantitative estimate of drug-likeness (QED) is 0.476. The molecule has 5 heteroatoms. The first-order valence-corrected chi connectivity index (χ1v) is 12.0. The lowest BCUT2D eigenvalue weighted by molar-refractivity contribution is -0.136. The smallest absolute Gasteiger partial charge is 0.225 e. The summed E-state index contributed by atoms with van der Waals surface area (Å²) in [5.41, 5.74) is 1.76. The van der Waals surface area contributed by atoms with Gasteiger partial charge in [0.25, 0.3) is 0 Å². The second-order valence-corrected chi connectivity index (χ2v) is 9.11. The number of carbonyl (C=O) groups is 1. The van der Waals surface area contributed by atoms with Crippen molar-refractivity contribution in [3.63, 3.8) is 0 Å². The average molecular weight is 413 g/mol. The number of amides is 1. The zero-order valence-corrected chi connectivity index (χ0v) is 19.1. The Morgan fingerprint density at radius 1 is 1.13 bits per heavy atom. The molecule has 1 heterocycles. The van der Waals surface area contributed by atoms with E-state index >= 15 is 0 Å². The number of nitrogens with zero attached hydrogens (tertiary/aromatic N) is 2. The SMILES string of the molecule is CCNC(=NCC1(Cc2ccccc2)CC1)NC1CCN(C(=O)C(CC)CC)CC1. The van der Waals surface area contributed by atoms with Gasteiger partial charge in [-0.05, 0) is 62.8 Å². The molecule has 0 aromatic heterocycles. The molecule has 1 aromatic carbocycles. The summed E-state index contributed by atoms with van der Waals surface area (Å²) in [6.45, 7) is 9.79. The Hall–Kier alpha value is -2.04. The van der Waals surface area contributed by atoms with Gasteiger partial charge in [-0.25, -0.2) is 0 Å². The van der Waals surface area contributed by atoms with Gasteiger partial charge >= 0.3 is 0 Å². The van der Waals surface area contributed by atoms with E-state index < -0.39 is 0 Å². The monoisotopic (exact) mass is 412 g/mol. The van der Waals surface area contributed by atoms with Crippen LogP contribution >= 0.6 is 0 Å². The molecule has 0 radical (unpaired) electrons. The van der Waals surface area contributed by atoms with Gasteiger partial charge in [0.2, 0.25) is 5.91 Å². The van der Waals surface area contributed by atoms with Gasteiger partial charge in [0.1, 0.15) is 0 Å². The number of hydrogen-bond donors (Lipinski definition) is 2. The maximum absolute atomic E-state index is 12.6. The summed E-state index contributed by atoms with van der Waals surface area (Å²) in [5.74, 6) is 1.46. The molecule has 3 rings (SSSR count). The Morgan fingerprint density at radius 2 is 1.80 bits per heavy atom. The topological polar surface area (TPSA) is 56.7 Å².